The van der Waals surface area contributed by atoms with Crippen molar-refractivity contribution >= 4 is 23.2 Å². The van der Waals surface area contributed by atoms with Crippen LogP contribution in [0.4, 0.5) is 4.39 Å². The molecule has 0 amide bonds. The van der Waals surface area contributed by atoms with Gasteiger partial charge in [-0.15, -0.1) is 0 Å². The van der Waals surface area contributed by atoms with Crippen LogP contribution in [-0.2, 0) is 0 Å². The molecule has 1 heterocycles. The van der Waals surface area contributed by atoms with Gasteiger partial charge in [-0.05, 0) is 35.9 Å². The van der Waals surface area contributed by atoms with Crippen LogP contribution >= 0.6 is 23.2 Å². The monoisotopic (exact) mass is 342 g/mol. The Morgan fingerprint density at radius 1 is 0.870 bits per heavy atom. The van der Waals surface area contributed by atoms with Crippen LogP contribution in [0.3, 0.4) is 0 Å². The van der Waals surface area contributed by atoms with E-state index in [-0.39, 0.29) is 5.56 Å². The Labute approximate surface area is 142 Å². The van der Waals surface area contributed by atoms with E-state index in [0.29, 0.717) is 26.9 Å². The van der Waals surface area contributed by atoms with Gasteiger partial charge in [-0.2, -0.15) is 9.65 Å². The van der Waals surface area contributed by atoms with Crippen molar-refractivity contribution in [1.29, 1.82) is 5.26 Å². The largest absolute Gasteiger partial charge is 0.231 e. The van der Waals surface area contributed by atoms with Crippen molar-refractivity contribution in [2.24, 2.45) is 0 Å². The maximum Gasteiger partial charge on any atom is 0.231 e. The molecule has 0 bridgehead atoms. The number of halogens is 3. The molecule has 1 aromatic heterocycles. The van der Waals surface area contributed by atoms with Gasteiger partial charge in [0.05, 0.1) is 5.69 Å². The fourth-order valence-electron chi connectivity index (χ4n) is 2.25. The Hall–Kier alpha value is -2.41. The zero-order valence-electron chi connectivity index (χ0n) is 11.7. The lowest BCUT2D eigenvalue weighted by atomic mass is 9.98. The summed E-state index contributed by atoms with van der Waals surface area (Å²) < 4.78 is 14.0. The van der Waals surface area contributed by atoms with Crippen LogP contribution in [0.25, 0.3) is 22.4 Å². The molecule has 0 spiro atoms. The van der Waals surface area contributed by atoms with Crippen molar-refractivity contribution in [3.05, 3.63) is 76.2 Å². The highest BCUT2D eigenvalue weighted by Gasteiger charge is 2.15. The number of hydrogen-bond donors (Lipinski definition) is 0. The number of hydrogen-bond acceptors (Lipinski definition) is 2. The topological polar surface area (TPSA) is 36.7 Å². The Kier molecular flexibility index (Phi) is 4.29. The smallest absolute Gasteiger partial charge is 0.218 e. The molecule has 0 saturated carbocycles. The molecule has 2 nitrogen and oxygen atoms in total. The quantitative estimate of drug-likeness (QED) is 0.557. The van der Waals surface area contributed by atoms with Crippen molar-refractivity contribution in [3.8, 4) is 28.5 Å². The zero-order valence-corrected chi connectivity index (χ0v) is 13.2. The van der Waals surface area contributed by atoms with Gasteiger partial charge in [-0.25, -0.2) is 4.98 Å². The van der Waals surface area contributed by atoms with E-state index >= 15 is 0 Å². The summed E-state index contributed by atoms with van der Waals surface area (Å²) in [7, 11) is 0. The van der Waals surface area contributed by atoms with Gasteiger partial charge in [0.2, 0.25) is 5.95 Å². The van der Waals surface area contributed by atoms with E-state index in [1.54, 1.807) is 48.5 Å². The lowest BCUT2D eigenvalue weighted by Crippen LogP contribution is -1.96. The van der Waals surface area contributed by atoms with Crippen LogP contribution in [0.5, 0.6) is 0 Å². The SMILES string of the molecule is N#Cc1cc(-c2ccc(Cl)cc2)c(-c2ccc(Cl)cc2)nc1F. The highest BCUT2D eigenvalue weighted by atomic mass is 35.5. The summed E-state index contributed by atoms with van der Waals surface area (Å²) in [6.07, 6.45) is 0. The molecule has 0 atom stereocenters. The summed E-state index contributed by atoms with van der Waals surface area (Å²) in [4.78, 5) is 3.98. The van der Waals surface area contributed by atoms with E-state index in [4.69, 9.17) is 28.5 Å². The molecular weight excluding hydrogens is 334 g/mol. The van der Waals surface area contributed by atoms with Gasteiger partial charge in [-0.1, -0.05) is 47.5 Å². The van der Waals surface area contributed by atoms with Crippen LogP contribution in [0.1, 0.15) is 5.56 Å². The highest BCUT2D eigenvalue weighted by Crippen LogP contribution is 2.33. The van der Waals surface area contributed by atoms with Crippen LogP contribution in [0.15, 0.2) is 54.6 Å². The van der Waals surface area contributed by atoms with Crippen molar-refractivity contribution < 1.29 is 4.39 Å². The van der Waals surface area contributed by atoms with E-state index in [2.05, 4.69) is 4.98 Å². The Morgan fingerprint density at radius 2 is 1.39 bits per heavy atom. The average Bonchev–Trinajstić information content (AvgIpc) is 2.56. The first kappa shape index (κ1) is 15.5. The fraction of sp³-hybridized carbons (Fsp3) is 0. The van der Waals surface area contributed by atoms with Crippen molar-refractivity contribution in [1.82, 2.24) is 4.98 Å². The minimum absolute atomic E-state index is 0.104. The Bertz CT molecular complexity index is 898. The molecule has 0 radical (unpaired) electrons. The molecule has 0 unspecified atom stereocenters. The van der Waals surface area contributed by atoms with Crippen molar-refractivity contribution in [2.45, 2.75) is 0 Å². The predicted molar refractivity (Wildman–Crippen MR) is 89.8 cm³/mol. The Morgan fingerprint density at radius 3 is 1.91 bits per heavy atom. The lowest BCUT2D eigenvalue weighted by Gasteiger charge is -2.11. The predicted octanol–water partition coefficient (Wildman–Crippen LogP) is 5.73. The lowest BCUT2D eigenvalue weighted by molar-refractivity contribution is 0.581. The number of nitrogens with zero attached hydrogens (tertiary/aromatic N) is 2. The summed E-state index contributed by atoms with van der Waals surface area (Å²) in [5.74, 6) is -0.796. The van der Waals surface area contributed by atoms with Crippen molar-refractivity contribution in [2.75, 3.05) is 0 Å². The van der Waals surface area contributed by atoms with Crippen LogP contribution < -0.4 is 0 Å². The second-order valence-electron chi connectivity index (χ2n) is 4.85. The van der Waals surface area contributed by atoms with Crippen LogP contribution in [0.2, 0.25) is 10.0 Å². The standard InChI is InChI=1S/C18H9Cl2FN2/c19-14-5-1-11(2-6-14)16-9-13(10-22)18(21)23-17(16)12-3-7-15(20)8-4-12/h1-9H. The maximum absolute atomic E-state index is 14.0. The highest BCUT2D eigenvalue weighted by molar-refractivity contribution is 6.31. The average molecular weight is 343 g/mol. The first-order chi connectivity index (χ1) is 11.1. The third kappa shape index (κ3) is 3.19. The van der Waals surface area contributed by atoms with Gasteiger partial charge in [-0.3, -0.25) is 0 Å². The molecule has 0 aliphatic rings. The summed E-state index contributed by atoms with van der Waals surface area (Å²) in [6.45, 7) is 0. The van der Waals surface area contributed by atoms with Crippen molar-refractivity contribution in [3.63, 3.8) is 0 Å². The van der Waals surface area contributed by atoms with Gasteiger partial charge in [0, 0.05) is 21.2 Å². The maximum atomic E-state index is 14.0. The number of nitriles is 1. The second kappa shape index (κ2) is 6.37. The summed E-state index contributed by atoms with van der Waals surface area (Å²) in [5.41, 5.74) is 2.50. The third-order valence-electron chi connectivity index (χ3n) is 3.37. The molecule has 0 aliphatic heterocycles. The molecule has 0 N–H and O–H groups in total. The zero-order chi connectivity index (χ0) is 16.4. The number of rotatable bonds is 2. The molecule has 5 heteroatoms. The van der Waals surface area contributed by atoms with E-state index in [1.807, 2.05) is 6.07 Å². The fourth-order valence-corrected chi connectivity index (χ4v) is 2.50. The third-order valence-corrected chi connectivity index (χ3v) is 3.87. The molecule has 112 valence electrons. The molecule has 0 saturated heterocycles. The van der Waals surface area contributed by atoms with Crippen LogP contribution in [-0.4, -0.2) is 4.98 Å². The molecular formula is C18H9Cl2FN2. The normalized spacial score (nSPS) is 10.3. The van der Waals surface area contributed by atoms with E-state index in [0.717, 1.165) is 5.56 Å². The molecule has 2 aromatic carbocycles. The van der Waals surface area contributed by atoms with Gasteiger partial charge in [0.15, 0.2) is 0 Å². The van der Waals surface area contributed by atoms with Gasteiger partial charge in [0.25, 0.3) is 0 Å². The molecule has 0 fully saturated rings. The molecule has 3 rings (SSSR count). The van der Waals surface area contributed by atoms with Gasteiger partial charge >= 0.3 is 0 Å². The summed E-state index contributed by atoms with van der Waals surface area (Å²) in [5, 5.41) is 10.2. The minimum atomic E-state index is -0.796. The Balaban J connectivity index is 2.25. The number of aromatic nitrogens is 1. The van der Waals surface area contributed by atoms with E-state index in [1.165, 1.54) is 6.07 Å². The van der Waals surface area contributed by atoms with E-state index in [9.17, 15) is 4.39 Å². The second-order valence-corrected chi connectivity index (χ2v) is 5.72. The number of pyridine rings is 1. The van der Waals surface area contributed by atoms with Crippen LogP contribution in [0, 0.1) is 17.3 Å². The van der Waals surface area contributed by atoms with E-state index < -0.39 is 5.95 Å². The molecule has 23 heavy (non-hydrogen) atoms. The first-order valence-corrected chi connectivity index (χ1v) is 7.46. The molecule has 0 aliphatic carbocycles. The molecule has 3 aromatic rings. The summed E-state index contributed by atoms with van der Waals surface area (Å²) in [6, 6.07) is 17.3. The minimum Gasteiger partial charge on any atom is -0.218 e. The number of benzene rings is 2. The van der Waals surface area contributed by atoms with Gasteiger partial charge < -0.3 is 0 Å². The van der Waals surface area contributed by atoms with Gasteiger partial charge in [0.1, 0.15) is 11.6 Å². The summed E-state index contributed by atoms with van der Waals surface area (Å²) >= 11 is 11.8. The first-order valence-electron chi connectivity index (χ1n) is 6.71.